The molecule has 1 N–H and O–H groups in total. The van der Waals surface area contributed by atoms with Crippen LogP contribution in [0, 0.1) is 5.92 Å². The first kappa shape index (κ1) is 18.0. The minimum Gasteiger partial charge on any atom is -0.406 e. The maximum Gasteiger partial charge on any atom is 0.573 e. The van der Waals surface area contributed by atoms with E-state index in [-0.39, 0.29) is 11.8 Å². The van der Waals surface area contributed by atoms with Gasteiger partial charge in [0.15, 0.2) is 0 Å². The Morgan fingerprint density at radius 3 is 2.42 bits per heavy atom. The highest BCUT2D eigenvalue weighted by Gasteiger charge is 2.34. The van der Waals surface area contributed by atoms with E-state index in [0.29, 0.717) is 10.4 Å². The van der Waals surface area contributed by atoms with Gasteiger partial charge in [0.05, 0.1) is 0 Å². The van der Waals surface area contributed by atoms with E-state index < -0.39 is 6.36 Å². The lowest BCUT2D eigenvalue weighted by molar-refractivity contribution is -0.274. The van der Waals surface area contributed by atoms with Crippen LogP contribution in [0.4, 0.5) is 13.2 Å². The molecule has 0 amide bonds. The van der Waals surface area contributed by atoms with Crippen LogP contribution in [-0.4, -0.2) is 37.4 Å². The number of benzene rings is 1. The summed E-state index contributed by atoms with van der Waals surface area (Å²) in [5, 5.41) is 3.34. The third kappa shape index (κ3) is 4.64. The van der Waals surface area contributed by atoms with E-state index in [4.69, 9.17) is 0 Å². The Balaban J connectivity index is 1.90. The van der Waals surface area contributed by atoms with Crippen LogP contribution >= 0.6 is 15.9 Å². The molecule has 1 saturated heterocycles. The van der Waals surface area contributed by atoms with Gasteiger partial charge in [0, 0.05) is 36.7 Å². The topological polar surface area (TPSA) is 24.5 Å². The lowest BCUT2D eigenvalue weighted by Gasteiger charge is -2.39. The van der Waals surface area contributed by atoms with Crippen molar-refractivity contribution >= 4 is 15.9 Å². The van der Waals surface area contributed by atoms with E-state index in [2.05, 4.69) is 30.9 Å². The quantitative estimate of drug-likeness (QED) is 0.797. The molecule has 0 radical (unpaired) electrons. The zero-order valence-corrected chi connectivity index (χ0v) is 15.0. The number of nitrogens with zero attached hydrogens (tertiary/aromatic N) is 1. The summed E-state index contributed by atoms with van der Waals surface area (Å²) < 4.78 is 42.6. The van der Waals surface area contributed by atoms with E-state index in [0.717, 1.165) is 44.6 Å². The van der Waals surface area contributed by atoms with Gasteiger partial charge in [-0.25, -0.2) is 0 Å². The molecule has 1 atom stereocenters. The lowest BCUT2D eigenvalue weighted by atomic mass is 9.89. The molecule has 1 aromatic carbocycles. The van der Waals surface area contributed by atoms with Gasteiger partial charge in [0.2, 0.25) is 0 Å². The Morgan fingerprint density at radius 1 is 1.12 bits per heavy atom. The van der Waals surface area contributed by atoms with Crippen LogP contribution in [0.2, 0.25) is 0 Å². The first-order valence-electron chi connectivity index (χ1n) is 8.43. The average Bonchev–Trinajstić information content (AvgIpc) is 3.00. The van der Waals surface area contributed by atoms with Gasteiger partial charge < -0.3 is 10.1 Å². The molecule has 3 nitrogen and oxygen atoms in total. The summed E-state index contributed by atoms with van der Waals surface area (Å²) in [5.41, 5.74) is 0.914. The number of hydrogen-bond donors (Lipinski definition) is 1. The summed E-state index contributed by atoms with van der Waals surface area (Å²) in [4.78, 5) is 2.41. The van der Waals surface area contributed by atoms with Crippen LogP contribution in [0.5, 0.6) is 5.75 Å². The summed E-state index contributed by atoms with van der Waals surface area (Å²) >= 11 is 3.34. The smallest absolute Gasteiger partial charge is 0.406 e. The van der Waals surface area contributed by atoms with Gasteiger partial charge in [-0.3, -0.25) is 4.90 Å². The molecule has 1 heterocycles. The molecule has 1 aliphatic heterocycles. The average molecular weight is 407 g/mol. The molecule has 3 rings (SSSR count). The molecule has 1 aliphatic carbocycles. The predicted molar refractivity (Wildman–Crippen MR) is 90.0 cm³/mol. The van der Waals surface area contributed by atoms with Crippen LogP contribution < -0.4 is 10.1 Å². The fourth-order valence-electron chi connectivity index (χ4n) is 3.96. The first-order valence-corrected chi connectivity index (χ1v) is 9.23. The zero-order valence-electron chi connectivity index (χ0n) is 13.4. The molecule has 24 heavy (non-hydrogen) atoms. The first-order chi connectivity index (χ1) is 11.4. The van der Waals surface area contributed by atoms with Crippen LogP contribution in [-0.2, 0) is 0 Å². The molecule has 1 saturated carbocycles. The van der Waals surface area contributed by atoms with Gasteiger partial charge in [-0.1, -0.05) is 28.8 Å². The van der Waals surface area contributed by atoms with Crippen molar-refractivity contribution in [3.05, 3.63) is 28.2 Å². The third-order valence-electron chi connectivity index (χ3n) is 4.86. The van der Waals surface area contributed by atoms with Gasteiger partial charge in [0.25, 0.3) is 0 Å². The summed E-state index contributed by atoms with van der Waals surface area (Å²) in [6.07, 6.45) is 0.00341. The molecule has 134 valence electrons. The summed E-state index contributed by atoms with van der Waals surface area (Å²) in [5.74, 6) is 0.348. The molecule has 0 spiro atoms. The number of nitrogens with one attached hydrogen (secondary N) is 1. The Labute approximate surface area is 148 Å². The SMILES string of the molecule is FC(F)(F)Oc1cc(Br)cc([C@H](C2CCCC2)N2CCNCC2)c1. The van der Waals surface area contributed by atoms with Crippen LogP contribution in [0.15, 0.2) is 22.7 Å². The second kappa shape index (κ2) is 7.62. The molecule has 2 fully saturated rings. The molecule has 0 unspecified atom stereocenters. The van der Waals surface area contributed by atoms with Crippen LogP contribution in [0.1, 0.15) is 37.3 Å². The van der Waals surface area contributed by atoms with E-state index in [1.807, 2.05) is 6.07 Å². The van der Waals surface area contributed by atoms with Crippen molar-refractivity contribution in [2.45, 2.75) is 38.1 Å². The molecule has 0 bridgehead atoms. The molecule has 7 heteroatoms. The third-order valence-corrected chi connectivity index (χ3v) is 5.32. The lowest BCUT2D eigenvalue weighted by Crippen LogP contribution is -2.46. The van der Waals surface area contributed by atoms with Gasteiger partial charge in [-0.05, 0) is 42.5 Å². The highest BCUT2D eigenvalue weighted by atomic mass is 79.9. The van der Waals surface area contributed by atoms with E-state index in [9.17, 15) is 13.2 Å². The highest BCUT2D eigenvalue weighted by Crippen LogP contribution is 2.41. The summed E-state index contributed by atoms with van der Waals surface area (Å²) in [6, 6.07) is 5.03. The van der Waals surface area contributed by atoms with Crippen molar-refractivity contribution in [3.63, 3.8) is 0 Å². The van der Waals surface area contributed by atoms with Crippen molar-refractivity contribution < 1.29 is 17.9 Å². The maximum atomic E-state index is 12.6. The number of piperazine rings is 1. The number of hydrogen-bond acceptors (Lipinski definition) is 3. The largest absolute Gasteiger partial charge is 0.573 e. The van der Waals surface area contributed by atoms with Crippen molar-refractivity contribution in [1.29, 1.82) is 0 Å². The molecule has 1 aromatic rings. The molecular formula is C17H22BrF3N2O. The van der Waals surface area contributed by atoms with E-state index >= 15 is 0 Å². The minimum atomic E-state index is -4.67. The Morgan fingerprint density at radius 2 is 1.79 bits per heavy atom. The number of rotatable bonds is 4. The zero-order chi connectivity index (χ0) is 17.2. The molecular weight excluding hydrogens is 385 g/mol. The Kier molecular flexibility index (Phi) is 5.72. The van der Waals surface area contributed by atoms with Crippen molar-refractivity contribution in [2.75, 3.05) is 26.2 Å². The van der Waals surface area contributed by atoms with E-state index in [1.165, 1.54) is 18.9 Å². The Hall–Kier alpha value is -0.790. The second-order valence-corrected chi connectivity index (χ2v) is 7.46. The minimum absolute atomic E-state index is 0.148. The van der Waals surface area contributed by atoms with Gasteiger partial charge in [-0.2, -0.15) is 0 Å². The number of alkyl halides is 3. The summed E-state index contributed by atoms with van der Waals surface area (Å²) in [6.45, 7) is 3.68. The number of halogens is 4. The van der Waals surface area contributed by atoms with Gasteiger partial charge in [-0.15, -0.1) is 13.2 Å². The summed E-state index contributed by atoms with van der Waals surface area (Å²) in [7, 11) is 0. The van der Waals surface area contributed by atoms with Crippen molar-refractivity contribution in [2.24, 2.45) is 5.92 Å². The van der Waals surface area contributed by atoms with Crippen LogP contribution in [0.25, 0.3) is 0 Å². The Bertz CT molecular complexity index is 555. The normalized spacial score (nSPS) is 21.8. The monoisotopic (exact) mass is 406 g/mol. The van der Waals surface area contributed by atoms with Crippen LogP contribution in [0.3, 0.4) is 0 Å². The molecule has 2 aliphatic rings. The highest BCUT2D eigenvalue weighted by molar-refractivity contribution is 9.10. The fraction of sp³-hybridized carbons (Fsp3) is 0.647. The number of ether oxygens (including phenoxy) is 1. The fourth-order valence-corrected chi connectivity index (χ4v) is 4.45. The molecule has 0 aromatic heterocycles. The van der Waals surface area contributed by atoms with Gasteiger partial charge >= 0.3 is 6.36 Å². The van der Waals surface area contributed by atoms with E-state index in [1.54, 1.807) is 6.07 Å². The van der Waals surface area contributed by atoms with Crippen molar-refractivity contribution in [1.82, 2.24) is 10.2 Å². The van der Waals surface area contributed by atoms with Crippen molar-refractivity contribution in [3.8, 4) is 5.75 Å². The standard InChI is InChI=1S/C17H22BrF3N2O/c18-14-9-13(10-15(11-14)24-17(19,20)21)16(12-3-1-2-4-12)23-7-5-22-6-8-23/h9-12,16,22H,1-8H2/t16-/m0/s1. The second-order valence-electron chi connectivity index (χ2n) is 6.54. The van der Waals surface area contributed by atoms with Gasteiger partial charge in [0.1, 0.15) is 5.75 Å². The maximum absolute atomic E-state index is 12.6. The predicted octanol–water partition coefficient (Wildman–Crippen LogP) is 4.48.